The highest BCUT2D eigenvalue weighted by Crippen LogP contribution is 2.29. The Balaban J connectivity index is 1.86. The van der Waals surface area contributed by atoms with Crippen molar-refractivity contribution in [2.45, 2.75) is 50.8 Å². The van der Waals surface area contributed by atoms with Gasteiger partial charge in [0.2, 0.25) is 0 Å². The van der Waals surface area contributed by atoms with Crippen LogP contribution in [-0.4, -0.2) is 53.9 Å². The van der Waals surface area contributed by atoms with Gasteiger partial charge in [0.15, 0.2) is 0 Å². The maximum Gasteiger partial charge on any atom is 0.0620 e. The zero-order valence-electron chi connectivity index (χ0n) is 11.2. The van der Waals surface area contributed by atoms with Crippen LogP contribution >= 0.6 is 0 Å². The van der Waals surface area contributed by atoms with Crippen molar-refractivity contribution in [3.63, 3.8) is 0 Å². The van der Waals surface area contributed by atoms with Crippen molar-refractivity contribution in [2.75, 3.05) is 26.2 Å². The lowest BCUT2D eigenvalue weighted by Crippen LogP contribution is -2.58. The van der Waals surface area contributed by atoms with Crippen molar-refractivity contribution in [3.8, 4) is 0 Å². The molecule has 0 aromatic heterocycles. The van der Waals surface area contributed by atoms with Crippen LogP contribution in [0.15, 0.2) is 0 Å². The van der Waals surface area contributed by atoms with E-state index >= 15 is 0 Å². The second kappa shape index (κ2) is 5.22. The van der Waals surface area contributed by atoms with E-state index in [2.05, 4.69) is 10.2 Å². The molecule has 2 saturated heterocycles. The molecule has 0 aliphatic carbocycles. The normalized spacial score (nSPS) is 33.9. The quantitative estimate of drug-likeness (QED) is 0.644. The van der Waals surface area contributed by atoms with Crippen LogP contribution in [0.1, 0.15) is 33.1 Å². The van der Waals surface area contributed by atoms with E-state index in [0.717, 1.165) is 45.4 Å². The fourth-order valence-electron chi connectivity index (χ4n) is 3.26. The minimum absolute atomic E-state index is 0.266. The average Bonchev–Trinajstić information content (AvgIpc) is 2.29. The molecule has 0 amide bonds. The molecule has 2 rings (SSSR count). The molecule has 2 aliphatic heterocycles. The molecule has 2 heterocycles. The summed E-state index contributed by atoms with van der Waals surface area (Å²) in [6.07, 6.45) is 3.36. The summed E-state index contributed by atoms with van der Waals surface area (Å²) >= 11 is 0. The van der Waals surface area contributed by atoms with Crippen molar-refractivity contribution in [1.29, 1.82) is 0 Å². The zero-order valence-corrected chi connectivity index (χ0v) is 11.2. The molecule has 17 heavy (non-hydrogen) atoms. The molecule has 0 radical (unpaired) electrons. The van der Waals surface area contributed by atoms with Gasteiger partial charge in [0, 0.05) is 18.6 Å². The van der Waals surface area contributed by atoms with Gasteiger partial charge in [0.1, 0.15) is 0 Å². The van der Waals surface area contributed by atoms with Crippen LogP contribution in [0.25, 0.3) is 0 Å². The zero-order chi connectivity index (χ0) is 12.5. The fourth-order valence-corrected chi connectivity index (χ4v) is 3.26. The lowest BCUT2D eigenvalue weighted by Gasteiger charge is -2.44. The van der Waals surface area contributed by atoms with E-state index in [9.17, 15) is 5.11 Å². The molecule has 4 heteroatoms. The van der Waals surface area contributed by atoms with Crippen LogP contribution in [0.2, 0.25) is 0 Å². The smallest absolute Gasteiger partial charge is 0.0620 e. The molecule has 0 spiro atoms. The van der Waals surface area contributed by atoms with Gasteiger partial charge in [0.25, 0.3) is 0 Å². The van der Waals surface area contributed by atoms with Crippen LogP contribution < -0.4 is 11.1 Å². The van der Waals surface area contributed by atoms with Gasteiger partial charge in [-0.15, -0.1) is 0 Å². The molecule has 2 unspecified atom stereocenters. The summed E-state index contributed by atoms with van der Waals surface area (Å²) in [5.74, 6) is 0.441. The van der Waals surface area contributed by atoms with Crippen molar-refractivity contribution in [3.05, 3.63) is 0 Å². The van der Waals surface area contributed by atoms with Crippen LogP contribution in [-0.2, 0) is 0 Å². The Bertz CT molecular complexity index is 244. The molecule has 4 nitrogen and oxygen atoms in total. The van der Waals surface area contributed by atoms with Gasteiger partial charge in [0.05, 0.1) is 5.60 Å². The first-order chi connectivity index (χ1) is 7.98. The van der Waals surface area contributed by atoms with E-state index in [1.54, 1.807) is 0 Å². The van der Waals surface area contributed by atoms with Gasteiger partial charge in [-0.05, 0) is 58.7 Å². The van der Waals surface area contributed by atoms with E-state index in [4.69, 9.17) is 5.73 Å². The van der Waals surface area contributed by atoms with Crippen LogP contribution in [0, 0.1) is 5.92 Å². The monoisotopic (exact) mass is 241 g/mol. The molecule has 2 aliphatic rings. The first-order valence-electron chi connectivity index (χ1n) is 6.91. The van der Waals surface area contributed by atoms with E-state index < -0.39 is 5.60 Å². The largest absolute Gasteiger partial charge is 0.390 e. The molecule has 0 aromatic rings. The van der Waals surface area contributed by atoms with Crippen molar-refractivity contribution >= 4 is 0 Å². The Hall–Kier alpha value is -0.160. The highest BCUT2D eigenvalue weighted by Gasteiger charge is 2.34. The summed E-state index contributed by atoms with van der Waals surface area (Å²) in [5, 5.41) is 13.4. The van der Waals surface area contributed by atoms with Gasteiger partial charge in [-0.3, -0.25) is 4.90 Å². The third kappa shape index (κ3) is 3.19. The number of nitrogens with one attached hydrogen (secondary N) is 1. The highest BCUT2D eigenvalue weighted by molar-refractivity contribution is 4.92. The first-order valence-corrected chi connectivity index (χ1v) is 6.91. The Morgan fingerprint density at radius 2 is 1.88 bits per heavy atom. The van der Waals surface area contributed by atoms with Gasteiger partial charge in [-0.1, -0.05) is 0 Å². The SMILES string of the molecule is CC(C)(O)C1CCN(C2CCNCC2N)CC1. The number of nitrogens with zero attached hydrogens (tertiary/aromatic N) is 1. The molecule has 100 valence electrons. The third-order valence-corrected chi connectivity index (χ3v) is 4.49. The summed E-state index contributed by atoms with van der Waals surface area (Å²) in [4.78, 5) is 2.54. The molecule has 0 saturated carbocycles. The Morgan fingerprint density at radius 1 is 1.24 bits per heavy atom. The molecule has 4 N–H and O–H groups in total. The van der Waals surface area contributed by atoms with Gasteiger partial charge in [-0.25, -0.2) is 0 Å². The van der Waals surface area contributed by atoms with Crippen LogP contribution in [0.3, 0.4) is 0 Å². The van der Waals surface area contributed by atoms with Crippen molar-refractivity contribution < 1.29 is 5.11 Å². The number of nitrogens with two attached hydrogens (primary N) is 1. The van der Waals surface area contributed by atoms with Crippen molar-refractivity contribution in [2.24, 2.45) is 11.7 Å². The van der Waals surface area contributed by atoms with Crippen LogP contribution in [0.4, 0.5) is 0 Å². The highest BCUT2D eigenvalue weighted by atomic mass is 16.3. The topological polar surface area (TPSA) is 61.5 Å². The maximum absolute atomic E-state index is 10.0. The van der Waals surface area contributed by atoms with E-state index in [0.29, 0.717) is 12.0 Å². The minimum atomic E-state index is -0.525. The summed E-state index contributed by atoms with van der Waals surface area (Å²) < 4.78 is 0. The van der Waals surface area contributed by atoms with Crippen molar-refractivity contribution in [1.82, 2.24) is 10.2 Å². The number of hydrogen-bond donors (Lipinski definition) is 3. The average molecular weight is 241 g/mol. The predicted octanol–water partition coefficient (Wildman–Crippen LogP) is 0.159. The molecular weight excluding hydrogens is 214 g/mol. The standard InChI is InChI=1S/C13H27N3O/c1-13(2,17)10-4-7-16(8-5-10)12-3-6-15-9-11(12)14/h10-12,15,17H,3-9,14H2,1-2H3. The summed E-state index contributed by atoms with van der Waals surface area (Å²) in [7, 11) is 0. The van der Waals surface area contributed by atoms with E-state index in [1.807, 2.05) is 13.8 Å². The minimum Gasteiger partial charge on any atom is -0.390 e. The third-order valence-electron chi connectivity index (χ3n) is 4.49. The lowest BCUT2D eigenvalue weighted by atomic mass is 9.82. The number of piperidine rings is 2. The fraction of sp³-hybridized carbons (Fsp3) is 1.00. The Morgan fingerprint density at radius 3 is 2.41 bits per heavy atom. The Kier molecular flexibility index (Phi) is 4.08. The van der Waals surface area contributed by atoms with Crippen LogP contribution in [0.5, 0.6) is 0 Å². The number of rotatable bonds is 2. The number of hydrogen-bond acceptors (Lipinski definition) is 4. The molecular formula is C13H27N3O. The number of likely N-dealkylation sites (tertiary alicyclic amines) is 1. The molecule has 2 fully saturated rings. The number of aliphatic hydroxyl groups is 1. The second-order valence-electron chi connectivity index (χ2n) is 6.19. The molecule has 0 bridgehead atoms. The summed E-state index contributed by atoms with van der Waals surface area (Å²) in [6, 6.07) is 0.807. The summed E-state index contributed by atoms with van der Waals surface area (Å²) in [5.41, 5.74) is 5.65. The van der Waals surface area contributed by atoms with Gasteiger partial charge in [-0.2, -0.15) is 0 Å². The second-order valence-corrected chi connectivity index (χ2v) is 6.19. The first kappa shape index (κ1) is 13.3. The lowest BCUT2D eigenvalue weighted by molar-refractivity contribution is -0.0223. The maximum atomic E-state index is 10.0. The van der Waals surface area contributed by atoms with Gasteiger partial charge >= 0.3 is 0 Å². The van der Waals surface area contributed by atoms with Gasteiger partial charge < -0.3 is 16.2 Å². The van der Waals surface area contributed by atoms with E-state index in [-0.39, 0.29) is 6.04 Å². The molecule has 2 atom stereocenters. The Labute approximate surface area is 105 Å². The summed E-state index contributed by atoms with van der Waals surface area (Å²) in [6.45, 7) is 8.08. The van der Waals surface area contributed by atoms with E-state index in [1.165, 1.54) is 0 Å². The molecule has 0 aromatic carbocycles. The predicted molar refractivity (Wildman–Crippen MR) is 69.8 cm³/mol.